The summed E-state index contributed by atoms with van der Waals surface area (Å²) in [5.74, 6) is 0. The van der Waals surface area contributed by atoms with Gasteiger partial charge in [0.05, 0.1) is 4.90 Å². The van der Waals surface area contributed by atoms with Gasteiger partial charge in [-0.2, -0.15) is 0 Å². The first kappa shape index (κ1) is 16.6. The predicted molar refractivity (Wildman–Crippen MR) is 94.6 cm³/mol. The second-order valence-electron chi connectivity index (χ2n) is 5.90. The first-order valence-corrected chi connectivity index (χ1v) is 9.72. The van der Waals surface area contributed by atoms with Gasteiger partial charge in [-0.3, -0.25) is 0 Å². The molecule has 23 heavy (non-hydrogen) atoms. The van der Waals surface area contributed by atoms with Gasteiger partial charge in [-0.05, 0) is 53.8 Å². The zero-order valence-electron chi connectivity index (χ0n) is 13.1. The Hall–Kier alpha value is -1.21. The zero-order valence-corrected chi connectivity index (χ0v) is 15.5. The molecule has 4 nitrogen and oxygen atoms in total. The minimum absolute atomic E-state index is 0.296. The van der Waals surface area contributed by atoms with Crippen molar-refractivity contribution in [2.75, 3.05) is 0 Å². The summed E-state index contributed by atoms with van der Waals surface area (Å²) >= 11 is 3.43. The molecule has 2 aromatic carbocycles. The van der Waals surface area contributed by atoms with Crippen LogP contribution in [0.2, 0.25) is 0 Å². The summed E-state index contributed by atoms with van der Waals surface area (Å²) in [6, 6.07) is 9.65. The van der Waals surface area contributed by atoms with Gasteiger partial charge in [-0.1, -0.05) is 34.1 Å². The lowest BCUT2D eigenvalue weighted by Gasteiger charge is -2.12. The van der Waals surface area contributed by atoms with Crippen molar-refractivity contribution >= 4 is 26.0 Å². The van der Waals surface area contributed by atoms with Crippen LogP contribution in [0.15, 0.2) is 39.7 Å². The third kappa shape index (κ3) is 3.50. The summed E-state index contributed by atoms with van der Waals surface area (Å²) in [4.78, 5) is 0.334. The molecule has 0 bridgehead atoms. The van der Waals surface area contributed by atoms with Crippen molar-refractivity contribution in [1.29, 1.82) is 0 Å². The molecule has 0 aromatic heterocycles. The van der Waals surface area contributed by atoms with Gasteiger partial charge in [0.1, 0.15) is 0 Å². The van der Waals surface area contributed by atoms with Crippen molar-refractivity contribution in [3.8, 4) is 0 Å². The number of fused-ring (bicyclic) bond motifs is 1. The lowest BCUT2D eigenvalue weighted by molar-refractivity contribution is 0.580. The molecule has 0 saturated carbocycles. The molecular formula is C17H19BrN2O2S. The maximum atomic E-state index is 12.6. The van der Waals surface area contributed by atoms with Gasteiger partial charge in [-0.25, -0.2) is 13.1 Å². The van der Waals surface area contributed by atoms with Crippen LogP contribution >= 0.6 is 15.9 Å². The predicted octanol–water partition coefficient (Wildman–Crippen LogP) is 3.15. The van der Waals surface area contributed by atoms with Crippen LogP contribution in [0.3, 0.4) is 0 Å². The van der Waals surface area contributed by atoms with Gasteiger partial charge in [0.2, 0.25) is 10.0 Å². The van der Waals surface area contributed by atoms with E-state index in [1.54, 1.807) is 13.0 Å². The van der Waals surface area contributed by atoms with Crippen LogP contribution in [0.4, 0.5) is 0 Å². The molecule has 1 heterocycles. The van der Waals surface area contributed by atoms with Crippen LogP contribution in [0.1, 0.15) is 27.8 Å². The van der Waals surface area contributed by atoms with E-state index in [-0.39, 0.29) is 0 Å². The van der Waals surface area contributed by atoms with E-state index in [0.29, 0.717) is 11.4 Å². The summed E-state index contributed by atoms with van der Waals surface area (Å²) in [5, 5.41) is 3.29. The first-order valence-electron chi connectivity index (χ1n) is 7.44. The highest BCUT2D eigenvalue weighted by Gasteiger charge is 2.18. The fraction of sp³-hybridized carbons (Fsp3) is 0.294. The Kier molecular flexibility index (Phi) is 4.60. The Labute approximate surface area is 145 Å². The molecule has 0 unspecified atom stereocenters. The van der Waals surface area contributed by atoms with Crippen LogP contribution in [-0.4, -0.2) is 8.42 Å². The molecule has 3 rings (SSSR count). The lowest BCUT2D eigenvalue weighted by atomic mass is 10.1. The maximum Gasteiger partial charge on any atom is 0.241 e. The Balaban J connectivity index is 1.81. The molecule has 0 spiro atoms. The smallest absolute Gasteiger partial charge is 0.241 e. The third-order valence-electron chi connectivity index (χ3n) is 4.11. The number of sulfonamides is 1. The number of hydrogen-bond acceptors (Lipinski definition) is 3. The zero-order chi connectivity index (χ0) is 16.6. The van der Waals surface area contributed by atoms with E-state index in [2.05, 4.69) is 38.1 Å². The molecule has 0 fully saturated rings. The average Bonchev–Trinajstić information content (AvgIpc) is 2.96. The minimum atomic E-state index is -3.53. The number of benzene rings is 2. The van der Waals surface area contributed by atoms with Crippen LogP contribution in [0.25, 0.3) is 0 Å². The fourth-order valence-corrected chi connectivity index (χ4v) is 4.54. The maximum absolute atomic E-state index is 12.6. The van der Waals surface area contributed by atoms with Gasteiger partial charge in [0.15, 0.2) is 0 Å². The van der Waals surface area contributed by atoms with Crippen LogP contribution in [-0.2, 0) is 29.7 Å². The number of halogens is 1. The van der Waals surface area contributed by atoms with E-state index in [0.717, 1.165) is 34.3 Å². The molecule has 0 radical (unpaired) electrons. The van der Waals surface area contributed by atoms with E-state index in [4.69, 9.17) is 0 Å². The monoisotopic (exact) mass is 394 g/mol. The van der Waals surface area contributed by atoms with Gasteiger partial charge in [-0.15, -0.1) is 0 Å². The van der Waals surface area contributed by atoms with Gasteiger partial charge in [0, 0.05) is 24.1 Å². The molecule has 2 aromatic rings. The van der Waals surface area contributed by atoms with E-state index >= 15 is 0 Å². The Morgan fingerprint density at radius 2 is 1.83 bits per heavy atom. The van der Waals surface area contributed by atoms with Crippen molar-refractivity contribution in [1.82, 2.24) is 10.0 Å². The molecule has 0 aliphatic carbocycles. The van der Waals surface area contributed by atoms with E-state index in [9.17, 15) is 8.42 Å². The Morgan fingerprint density at radius 3 is 2.61 bits per heavy atom. The molecule has 0 atom stereocenters. The van der Waals surface area contributed by atoms with Crippen molar-refractivity contribution in [3.63, 3.8) is 0 Å². The summed E-state index contributed by atoms with van der Waals surface area (Å²) in [6.45, 7) is 5.72. The molecule has 0 saturated heterocycles. The van der Waals surface area contributed by atoms with E-state index in [1.807, 2.05) is 19.1 Å². The first-order chi connectivity index (χ1) is 10.9. The second-order valence-corrected chi connectivity index (χ2v) is 8.49. The number of nitrogens with one attached hydrogen (secondary N) is 2. The van der Waals surface area contributed by atoms with E-state index in [1.165, 1.54) is 11.1 Å². The lowest BCUT2D eigenvalue weighted by Crippen LogP contribution is -2.24. The van der Waals surface area contributed by atoms with Crippen molar-refractivity contribution < 1.29 is 8.42 Å². The van der Waals surface area contributed by atoms with Crippen molar-refractivity contribution in [2.24, 2.45) is 0 Å². The van der Waals surface area contributed by atoms with Crippen LogP contribution < -0.4 is 10.0 Å². The molecule has 2 N–H and O–H groups in total. The third-order valence-corrected chi connectivity index (χ3v) is 6.51. The van der Waals surface area contributed by atoms with Crippen LogP contribution in [0, 0.1) is 13.8 Å². The van der Waals surface area contributed by atoms with Gasteiger partial charge < -0.3 is 5.32 Å². The normalized spacial score (nSPS) is 14.0. The highest BCUT2D eigenvalue weighted by atomic mass is 79.9. The topological polar surface area (TPSA) is 58.2 Å². The summed E-state index contributed by atoms with van der Waals surface area (Å²) in [6.07, 6.45) is 0. The van der Waals surface area contributed by atoms with Crippen LogP contribution in [0.5, 0.6) is 0 Å². The fourth-order valence-electron chi connectivity index (χ4n) is 2.76. The van der Waals surface area contributed by atoms with Crippen molar-refractivity contribution in [3.05, 3.63) is 62.6 Å². The van der Waals surface area contributed by atoms with Gasteiger partial charge >= 0.3 is 0 Å². The summed E-state index contributed by atoms with van der Waals surface area (Å²) in [5.41, 5.74) is 5.14. The second kappa shape index (κ2) is 6.36. The SMILES string of the molecule is Cc1cc(S(=O)(=O)NCc2ccc3c(c2)CNC3)c(C)cc1Br. The molecule has 1 aliphatic heterocycles. The minimum Gasteiger partial charge on any atom is -0.309 e. The Bertz CT molecular complexity index is 863. The summed E-state index contributed by atoms with van der Waals surface area (Å²) in [7, 11) is -3.53. The molecular weight excluding hydrogens is 376 g/mol. The average molecular weight is 395 g/mol. The number of aryl methyl sites for hydroxylation is 2. The number of rotatable bonds is 4. The molecule has 6 heteroatoms. The Morgan fingerprint density at radius 1 is 1.09 bits per heavy atom. The largest absolute Gasteiger partial charge is 0.309 e. The van der Waals surface area contributed by atoms with E-state index < -0.39 is 10.0 Å². The van der Waals surface area contributed by atoms with Crippen molar-refractivity contribution in [2.45, 2.75) is 38.4 Å². The standard InChI is InChI=1S/C17H19BrN2O2S/c1-11-6-17(12(2)5-16(11)18)23(21,22)20-8-13-3-4-14-9-19-10-15(14)7-13/h3-7,19-20H,8-10H2,1-2H3. The highest BCUT2D eigenvalue weighted by Crippen LogP contribution is 2.24. The molecule has 122 valence electrons. The molecule has 1 aliphatic rings. The quantitative estimate of drug-likeness (QED) is 0.836. The highest BCUT2D eigenvalue weighted by molar-refractivity contribution is 9.10. The molecule has 0 amide bonds. The number of hydrogen-bond donors (Lipinski definition) is 2. The summed E-state index contributed by atoms with van der Waals surface area (Å²) < 4.78 is 28.8. The van der Waals surface area contributed by atoms with Gasteiger partial charge in [0.25, 0.3) is 0 Å².